The van der Waals surface area contributed by atoms with Crippen molar-refractivity contribution in [1.82, 2.24) is 4.90 Å². The zero-order chi connectivity index (χ0) is 13.3. The molecule has 0 aromatic carbocycles. The number of ether oxygens (including phenoxy) is 1. The van der Waals surface area contributed by atoms with Crippen LogP contribution in [0, 0.1) is 5.92 Å². The molecular formula is C13H20N2O2S. The maximum absolute atomic E-state index is 12.1. The SMILES string of the molecule is CC(C)COC(=O)c1c(N)sc2c1CCN(C)C2. The molecule has 0 saturated carbocycles. The van der Waals surface area contributed by atoms with E-state index in [1.807, 2.05) is 13.8 Å². The summed E-state index contributed by atoms with van der Waals surface area (Å²) in [6, 6.07) is 0. The summed E-state index contributed by atoms with van der Waals surface area (Å²) in [5.41, 5.74) is 7.69. The number of rotatable bonds is 3. The van der Waals surface area contributed by atoms with Crippen LogP contribution in [0.1, 0.15) is 34.6 Å². The lowest BCUT2D eigenvalue weighted by molar-refractivity contribution is 0.0459. The first-order valence-electron chi connectivity index (χ1n) is 6.24. The number of hydrogen-bond donors (Lipinski definition) is 1. The summed E-state index contributed by atoms with van der Waals surface area (Å²) in [4.78, 5) is 15.5. The Morgan fingerprint density at radius 3 is 2.94 bits per heavy atom. The van der Waals surface area contributed by atoms with Gasteiger partial charge < -0.3 is 15.4 Å². The molecule has 0 amide bonds. The summed E-state index contributed by atoms with van der Waals surface area (Å²) in [6.07, 6.45) is 0.881. The second-order valence-electron chi connectivity index (χ2n) is 5.22. The third-order valence-electron chi connectivity index (χ3n) is 3.03. The van der Waals surface area contributed by atoms with Gasteiger partial charge in [-0.05, 0) is 24.9 Å². The predicted octanol–water partition coefficient (Wildman–Crippen LogP) is 2.13. The topological polar surface area (TPSA) is 55.6 Å². The molecule has 100 valence electrons. The van der Waals surface area contributed by atoms with Crippen LogP contribution >= 0.6 is 11.3 Å². The zero-order valence-corrected chi connectivity index (χ0v) is 12.0. The number of likely N-dealkylation sites (N-methyl/N-ethyl adjacent to an activating group) is 1. The maximum Gasteiger partial charge on any atom is 0.341 e. The van der Waals surface area contributed by atoms with Crippen LogP contribution in [0.2, 0.25) is 0 Å². The summed E-state index contributed by atoms with van der Waals surface area (Å²) in [6.45, 7) is 6.33. The van der Waals surface area contributed by atoms with E-state index in [0.29, 0.717) is 23.1 Å². The summed E-state index contributed by atoms with van der Waals surface area (Å²) in [5, 5.41) is 0.601. The quantitative estimate of drug-likeness (QED) is 0.853. The van der Waals surface area contributed by atoms with Gasteiger partial charge in [0.1, 0.15) is 5.00 Å². The number of fused-ring (bicyclic) bond motifs is 1. The summed E-state index contributed by atoms with van der Waals surface area (Å²) in [5.74, 6) is 0.0824. The first-order valence-corrected chi connectivity index (χ1v) is 7.06. The molecule has 1 aromatic heterocycles. The van der Waals surface area contributed by atoms with Gasteiger partial charge >= 0.3 is 5.97 Å². The molecule has 1 aromatic rings. The molecule has 0 radical (unpaired) electrons. The molecule has 18 heavy (non-hydrogen) atoms. The first-order chi connectivity index (χ1) is 8.49. The van der Waals surface area contributed by atoms with E-state index in [1.54, 1.807) is 0 Å². The molecule has 0 bridgehead atoms. The number of nitrogens with two attached hydrogens (primary N) is 1. The normalized spacial score (nSPS) is 15.8. The van der Waals surface area contributed by atoms with Crippen LogP contribution in [-0.4, -0.2) is 31.1 Å². The van der Waals surface area contributed by atoms with Gasteiger partial charge in [-0.2, -0.15) is 0 Å². The van der Waals surface area contributed by atoms with Crippen molar-refractivity contribution in [3.05, 3.63) is 16.0 Å². The Kier molecular flexibility index (Phi) is 3.92. The van der Waals surface area contributed by atoms with Crippen molar-refractivity contribution < 1.29 is 9.53 Å². The van der Waals surface area contributed by atoms with Gasteiger partial charge in [-0.3, -0.25) is 0 Å². The van der Waals surface area contributed by atoms with Crippen molar-refractivity contribution >= 4 is 22.3 Å². The predicted molar refractivity (Wildman–Crippen MR) is 73.9 cm³/mol. The summed E-state index contributed by atoms with van der Waals surface area (Å²) < 4.78 is 5.30. The van der Waals surface area contributed by atoms with Crippen molar-refractivity contribution in [1.29, 1.82) is 0 Å². The maximum atomic E-state index is 12.1. The molecule has 2 N–H and O–H groups in total. The molecule has 2 heterocycles. The second kappa shape index (κ2) is 5.28. The van der Waals surface area contributed by atoms with Gasteiger partial charge in [-0.1, -0.05) is 13.8 Å². The molecule has 1 aliphatic rings. The van der Waals surface area contributed by atoms with E-state index in [0.717, 1.165) is 25.1 Å². The van der Waals surface area contributed by atoms with Gasteiger partial charge in [0.2, 0.25) is 0 Å². The Bertz CT molecular complexity index is 454. The fraction of sp³-hybridized carbons (Fsp3) is 0.615. The van der Waals surface area contributed by atoms with Crippen LogP contribution in [0.5, 0.6) is 0 Å². The van der Waals surface area contributed by atoms with Gasteiger partial charge in [-0.15, -0.1) is 11.3 Å². The minimum atomic E-state index is -0.261. The average molecular weight is 268 g/mol. The number of anilines is 1. The van der Waals surface area contributed by atoms with Crippen LogP contribution in [0.15, 0.2) is 0 Å². The van der Waals surface area contributed by atoms with E-state index < -0.39 is 0 Å². The molecule has 0 spiro atoms. The Labute approximate surface area is 112 Å². The van der Waals surface area contributed by atoms with Crippen LogP contribution in [0.3, 0.4) is 0 Å². The minimum absolute atomic E-state index is 0.261. The van der Waals surface area contributed by atoms with Crippen LogP contribution < -0.4 is 5.73 Å². The van der Waals surface area contributed by atoms with Gasteiger partial charge in [0.25, 0.3) is 0 Å². The highest BCUT2D eigenvalue weighted by Crippen LogP contribution is 2.35. The van der Waals surface area contributed by atoms with Gasteiger partial charge in [0.05, 0.1) is 12.2 Å². The molecular weight excluding hydrogens is 248 g/mol. The van der Waals surface area contributed by atoms with Gasteiger partial charge in [0.15, 0.2) is 0 Å². The van der Waals surface area contributed by atoms with Crippen molar-refractivity contribution in [3.8, 4) is 0 Å². The Morgan fingerprint density at radius 2 is 2.28 bits per heavy atom. The summed E-state index contributed by atoms with van der Waals surface area (Å²) in [7, 11) is 2.08. The molecule has 0 fully saturated rings. The fourth-order valence-electron chi connectivity index (χ4n) is 2.09. The molecule has 5 heteroatoms. The highest BCUT2D eigenvalue weighted by Gasteiger charge is 2.26. The minimum Gasteiger partial charge on any atom is -0.462 e. The van der Waals surface area contributed by atoms with E-state index in [2.05, 4.69) is 11.9 Å². The molecule has 0 aliphatic carbocycles. The summed E-state index contributed by atoms with van der Waals surface area (Å²) >= 11 is 1.52. The number of thiophene rings is 1. The lowest BCUT2D eigenvalue weighted by atomic mass is 10.0. The molecule has 1 aliphatic heterocycles. The molecule has 4 nitrogen and oxygen atoms in total. The van der Waals surface area contributed by atoms with Crippen molar-refractivity contribution in [3.63, 3.8) is 0 Å². The molecule has 0 unspecified atom stereocenters. The van der Waals surface area contributed by atoms with E-state index >= 15 is 0 Å². The van der Waals surface area contributed by atoms with Crippen molar-refractivity contribution in [2.45, 2.75) is 26.8 Å². The highest BCUT2D eigenvalue weighted by atomic mass is 32.1. The number of nitrogens with zero attached hydrogens (tertiary/aromatic N) is 1. The standard InChI is InChI=1S/C13H20N2O2S/c1-8(2)7-17-13(16)11-9-4-5-15(3)6-10(9)18-12(11)14/h8H,4-7,14H2,1-3H3. The van der Waals surface area contributed by atoms with E-state index in [9.17, 15) is 4.79 Å². The zero-order valence-electron chi connectivity index (χ0n) is 11.2. The Morgan fingerprint density at radius 1 is 1.56 bits per heavy atom. The number of nitrogen functional groups attached to an aromatic ring is 1. The van der Waals surface area contributed by atoms with Crippen molar-refractivity contribution in [2.75, 3.05) is 25.9 Å². The number of carbonyl (C=O) groups is 1. The van der Waals surface area contributed by atoms with E-state index in [-0.39, 0.29) is 5.97 Å². The fourth-order valence-corrected chi connectivity index (χ4v) is 3.28. The van der Waals surface area contributed by atoms with Crippen molar-refractivity contribution in [2.24, 2.45) is 5.92 Å². The number of hydrogen-bond acceptors (Lipinski definition) is 5. The monoisotopic (exact) mass is 268 g/mol. The third kappa shape index (κ3) is 2.67. The lowest BCUT2D eigenvalue weighted by Gasteiger charge is -2.22. The first kappa shape index (κ1) is 13.4. The number of carbonyl (C=O) groups excluding carboxylic acids is 1. The Hall–Kier alpha value is -1.07. The molecule has 0 saturated heterocycles. The third-order valence-corrected chi connectivity index (χ3v) is 4.07. The van der Waals surface area contributed by atoms with Gasteiger partial charge in [-0.25, -0.2) is 4.79 Å². The average Bonchev–Trinajstić information content (AvgIpc) is 2.61. The van der Waals surface area contributed by atoms with Crippen LogP contribution in [0.25, 0.3) is 0 Å². The smallest absolute Gasteiger partial charge is 0.341 e. The Balaban J connectivity index is 2.20. The highest BCUT2D eigenvalue weighted by molar-refractivity contribution is 7.16. The van der Waals surface area contributed by atoms with Gasteiger partial charge in [0, 0.05) is 18.0 Å². The lowest BCUT2D eigenvalue weighted by Crippen LogP contribution is -2.26. The second-order valence-corrected chi connectivity index (χ2v) is 6.36. The van der Waals surface area contributed by atoms with E-state index in [1.165, 1.54) is 16.2 Å². The number of esters is 1. The largest absolute Gasteiger partial charge is 0.462 e. The molecule has 2 rings (SSSR count). The van der Waals surface area contributed by atoms with Crippen LogP contribution in [0.4, 0.5) is 5.00 Å². The van der Waals surface area contributed by atoms with Crippen LogP contribution in [-0.2, 0) is 17.7 Å². The molecule has 0 atom stereocenters. The van der Waals surface area contributed by atoms with E-state index in [4.69, 9.17) is 10.5 Å².